The first-order valence-corrected chi connectivity index (χ1v) is 6.82. The Balaban J connectivity index is 2.20. The summed E-state index contributed by atoms with van der Waals surface area (Å²) in [5, 5.41) is 3.28. The second kappa shape index (κ2) is 5.73. The molecule has 0 saturated heterocycles. The molecule has 1 aromatic carbocycles. The quantitative estimate of drug-likeness (QED) is 0.856. The number of rotatable bonds is 4. The van der Waals surface area contributed by atoms with Gasteiger partial charge in [-0.25, -0.2) is 9.97 Å². The summed E-state index contributed by atoms with van der Waals surface area (Å²) >= 11 is 1.72. The van der Waals surface area contributed by atoms with Gasteiger partial charge in [-0.2, -0.15) is 0 Å². The highest BCUT2D eigenvalue weighted by molar-refractivity contribution is 7.98. The largest absolute Gasteiger partial charge is 0.363 e. The van der Waals surface area contributed by atoms with Crippen LogP contribution in [0.4, 0.5) is 17.3 Å². The van der Waals surface area contributed by atoms with Crippen LogP contribution in [0, 0.1) is 0 Å². The first-order chi connectivity index (χ1) is 8.69. The Kier molecular flexibility index (Phi) is 4.04. The fourth-order valence-electron chi connectivity index (χ4n) is 1.51. The average Bonchev–Trinajstić information content (AvgIpc) is 2.39. The lowest BCUT2D eigenvalue weighted by atomic mass is 10.3. The molecule has 2 aromatic rings. The molecule has 0 unspecified atom stereocenters. The zero-order valence-electron chi connectivity index (χ0n) is 10.7. The minimum absolute atomic E-state index is 0.798. The van der Waals surface area contributed by atoms with Crippen LogP contribution in [0.5, 0.6) is 0 Å². The van der Waals surface area contributed by atoms with Crippen molar-refractivity contribution in [2.24, 2.45) is 0 Å². The summed E-state index contributed by atoms with van der Waals surface area (Å²) in [6.45, 7) is 0. The van der Waals surface area contributed by atoms with Gasteiger partial charge in [-0.05, 0) is 24.5 Å². The summed E-state index contributed by atoms with van der Waals surface area (Å²) < 4.78 is 0. The molecule has 0 aliphatic rings. The number of hydrogen-bond acceptors (Lipinski definition) is 5. The van der Waals surface area contributed by atoms with Crippen LogP contribution in [0.3, 0.4) is 0 Å². The van der Waals surface area contributed by atoms with Gasteiger partial charge in [-0.1, -0.05) is 6.07 Å². The van der Waals surface area contributed by atoms with Crippen LogP contribution < -0.4 is 10.2 Å². The van der Waals surface area contributed by atoms with E-state index in [1.54, 1.807) is 18.1 Å². The second-order valence-corrected chi connectivity index (χ2v) is 4.89. The van der Waals surface area contributed by atoms with Gasteiger partial charge < -0.3 is 10.2 Å². The SMILES string of the molecule is CSc1cccc(Nc2cc(N(C)C)ncn2)c1. The highest BCUT2D eigenvalue weighted by atomic mass is 32.2. The molecule has 0 atom stereocenters. The van der Waals surface area contributed by atoms with E-state index in [-0.39, 0.29) is 0 Å². The van der Waals surface area contributed by atoms with Gasteiger partial charge in [0.1, 0.15) is 18.0 Å². The molecule has 0 saturated carbocycles. The number of benzene rings is 1. The van der Waals surface area contributed by atoms with E-state index in [0.717, 1.165) is 17.3 Å². The Labute approximate surface area is 111 Å². The van der Waals surface area contributed by atoms with E-state index in [4.69, 9.17) is 0 Å². The Bertz CT molecular complexity index is 528. The lowest BCUT2D eigenvalue weighted by Crippen LogP contribution is -2.11. The van der Waals surface area contributed by atoms with Crippen molar-refractivity contribution < 1.29 is 0 Å². The number of aromatic nitrogens is 2. The molecular formula is C13H16N4S. The number of thioether (sulfide) groups is 1. The van der Waals surface area contributed by atoms with Crippen LogP contribution in [0.2, 0.25) is 0 Å². The maximum absolute atomic E-state index is 4.22. The lowest BCUT2D eigenvalue weighted by Gasteiger charge is -2.12. The van der Waals surface area contributed by atoms with Gasteiger partial charge in [-0.3, -0.25) is 0 Å². The molecule has 0 aliphatic carbocycles. The van der Waals surface area contributed by atoms with Crippen LogP contribution >= 0.6 is 11.8 Å². The third-order valence-electron chi connectivity index (χ3n) is 2.45. The number of nitrogens with one attached hydrogen (secondary N) is 1. The van der Waals surface area contributed by atoms with E-state index in [0.29, 0.717) is 0 Å². The smallest absolute Gasteiger partial charge is 0.135 e. The maximum Gasteiger partial charge on any atom is 0.135 e. The summed E-state index contributed by atoms with van der Waals surface area (Å²) in [5.74, 6) is 1.68. The Hall–Kier alpha value is -1.75. The molecule has 0 radical (unpaired) electrons. The van der Waals surface area contributed by atoms with E-state index >= 15 is 0 Å². The molecule has 18 heavy (non-hydrogen) atoms. The van der Waals surface area contributed by atoms with Crippen LogP contribution in [-0.2, 0) is 0 Å². The molecule has 0 spiro atoms. The molecule has 4 nitrogen and oxygen atoms in total. The molecular weight excluding hydrogens is 244 g/mol. The topological polar surface area (TPSA) is 41.0 Å². The predicted octanol–water partition coefficient (Wildman–Crippen LogP) is 3.01. The molecule has 0 amide bonds. The molecule has 0 aliphatic heterocycles. The van der Waals surface area contributed by atoms with Crippen LogP contribution in [0.1, 0.15) is 0 Å². The van der Waals surface area contributed by atoms with Gasteiger partial charge in [0, 0.05) is 30.7 Å². The zero-order chi connectivity index (χ0) is 13.0. The van der Waals surface area contributed by atoms with Gasteiger partial charge in [0.15, 0.2) is 0 Å². The van der Waals surface area contributed by atoms with Crippen LogP contribution in [0.15, 0.2) is 41.6 Å². The van der Waals surface area contributed by atoms with Crippen molar-refractivity contribution in [2.45, 2.75) is 4.90 Å². The number of anilines is 3. The van der Waals surface area contributed by atoms with E-state index in [2.05, 4.69) is 33.7 Å². The average molecular weight is 260 g/mol. The van der Waals surface area contributed by atoms with Gasteiger partial charge in [0.25, 0.3) is 0 Å². The molecule has 1 aromatic heterocycles. The van der Waals surface area contributed by atoms with Gasteiger partial charge >= 0.3 is 0 Å². The fourth-order valence-corrected chi connectivity index (χ4v) is 1.97. The van der Waals surface area contributed by atoms with Crippen molar-refractivity contribution in [1.82, 2.24) is 9.97 Å². The number of nitrogens with zero attached hydrogens (tertiary/aromatic N) is 3. The number of hydrogen-bond donors (Lipinski definition) is 1. The lowest BCUT2D eigenvalue weighted by molar-refractivity contribution is 1.04. The Morgan fingerprint density at radius 1 is 1.17 bits per heavy atom. The summed E-state index contributed by atoms with van der Waals surface area (Å²) in [6, 6.07) is 10.2. The van der Waals surface area contributed by atoms with E-state index in [1.165, 1.54) is 4.90 Å². The van der Waals surface area contributed by atoms with Crippen molar-refractivity contribution in [3.8, 4) is 0 Å². The van der Waals surface area contributed by atoms with Crippen molar-refractivity contribution in [1.29, 1.82) is 0 Å². The molecule has 1 N–H and O–H groups in total. The highest BCUT2D eigenvalue weighted by Crippen LogP contribution is 2.22. The third kappa shape index (κ3) is 3.13. The Morgan fingerprint density at radius 3 is 2.72 bits per heavy atom. The van der Waals surface area contributed by atoms with Crippen molar-refractivity contribution in [3.63, 3.8) is 0 Å². The minimum Gasteiger partial charge on any atom is -0.363 e. The summed E-state index contributed by atoms with van der Waals surface area (Å²) in [7, 11) is 3.92. The van der Waals surface area contributed by atoms with E-state index < -0.39 is 0 Å². The monoisotopic (exact) mass is 260 g/mol. The molecule has 2 rings (SSSR count). The van der Waals surface area contributed by atoms with Gasteiger partial charge in [0.05, 0.1) is 0 Å². The molecule has 1 heterocycles. The van der Waals surface area contributed by atoms with Gasteiger partial charge in [-0.15, -0.1) is 11.8 Å². The van der Waals surface area contributed by atoms with Crippen LogP contribution in [-0.4, -0.2) is 30.3 Å². The summed E-state index contributed by atoms with van der Waals surface area (Å²) in [5.41, 5.74) is 1.03. The van der Waals surface area contributed by atoms with Crippen molar-refractivity contribution in [3.05, 3.63) is 36.7 Å². The van der Waals surface area contributed by atoms with Gasteiger partial charge in [0.2, 0.25) is 0 Å². The zero-order valence-corrected chi connectivity index (χ0v) is 11.5. The molecule has 0 bridgehead atoms. The standard InChI is InChI=1S/C13H16N4S/c1-17(2)13-8-12(14-9-15-13)16-10-5-4-6-11(7-10)18-3/h4-9H,1-3H3,(H,14,15,16). The molecule has 0 fully saturated rings. The minimum atomic E-state index is 0.798. The van der Waals surface area contributed by atoms with Crippen LogP contribution in [0.25, 0.3) is 0 Å². The normalized spacial score (nSPS) is 10.2. The van der Waals surface area contributed by atoms with Crippen molar-refractivity contribution >= 4 is 29.1 Å². The summed E-state index contributed by atoms with van der Waals surface area (Å²) in [4.78, 5) is 11.6. The predicted molar refractivity (Wildman–Crippen MR) is 77.9 cm³/mol. The Morgan fingerprint density at radius 2 is 2.00 bits per heavy atom. The third-order valence-corrected chi connectivity index (χ3v) is 3.18. The van der Waals surface area contributed by atoms with E-state index in [1.807, 2.05) is 37.2 Å². The second-order valence-electron chi connectivity index (χ2n) is 4.01. The first-order valence-electron chi connectivity index (χ1n) is 5.59. The summed E-state index contributed by atoms with van der Waals surface area (Å²) in [6.07, 6.45) is 3.63. The van der Waals surface area contributed by atoms with E-state index in [9.17, 15) is 0 Å². The highest BCUT2D eigenvalue weighted by Gasteiger charge is 2.01. The fraction of sp³-hybridized carbons (Fsp3) is 0.231. The van der Waals surface area contributed by atoms with Crippen molar-refractivity contribution in [2.75, 3.05) is 30.6 Å². The molecule has 5 heteroatoms. The first kappa shape index (κ1) is 12.7. The maximum atomic E-state index is 4.22. The molecule has 94 valence electrons.